The summed E-state index contributed by atoms with van der Waals surface area (Å²) in [5, 5.41) is 13.8. The summed E-state index contributed by atoms with van der Waals surface area (Å²) < 4.78 is 8.83. The maximum Gasteiger partial charge on any atom is 0.164 e. The molecule has 0 saturated carbocycles. The molecule has 0 saturated heterocycles. The topological polar surface area (TPSA) is 56.7 Å². The Labute approximate surface area is 378 Å². The number of hydrogen-bond acceptors (Lipinski definition) is 4. The fourth-order valence-electron chi connectivity index (χ4n) is 10.2. The zero-order valence-corrected chi connectivity index (χ0v) is 35.5. The highest BCUT2D eigenvalue weighted by Gasteiger charge is 2.22. The summed E-state index contributed by atoms with van der Waals surface area (Å²) in [6.07, 6.45) is 0. The second kappa shape index (κ2) is 14.3. The summed E-state index contributed by atoms with van der Waals surface area (Å²) in [6, 6.07) is 77.8. The minimum atomic E-state index is 0.595. The van der Waals surface area contributed by atoms with Gasteiger partial charge in [-0.25, -0.2) is 15.0 Å². The molecule has 0 aliphatic rings. The molecule has 0 aliphatic heterocycles. The maximum atomic E-state index is 6.38. The van der Waals surface area contributed by atoms with Crippen LogP contribution in [0.4, 0.5) is 0 Å². The number of nitrogens with zero attached hydrogens (tertiary/aromatic N) is 4. The summed E-state index contributed by atoms with van der Waals surface area (Å²) in [6.45, 7) is 0. The number of rotatable bonds is 5. The van der Waals surface area contributed by atoms with Gasteiger partial charge >= 0.3 is 0 Å². The Balaban J connectivity index is 1.07. The van der Waals surface area contributed by atoms with Crippen molar-refractivity contribution in [3.05, 3.63) is 218 Å². The van der Waals surface area contributed by atoms with Crippen molar-refractivity contribution in [2.24, 2.45) is 0 Å². The fourth-order valence-corrected chi connectivity index (χ4v) is 10.2. The van der Waals surface area contributed by atoms with Crippen LogP contribution in [0, 0.1) is 0 Å². The van der Waals surface area contributed by atoms with E-state index in [4.69, 9.17) is 19.4 Å². The summed E-state index contributed by atoms with van der Waals surface area (Å²) >= 11 is 0. The van der Waals surface area contributed by atoms with Crippen LogP contribution in [0.5, 0.6) is 0 Å². The van der Waals surface area contributed by atoms with Gasteiger partial charge in [-0.15, -0.1) is 0 Å². The molecule has 0 amide bonds. The number of aromatic nitrogens is 4. The Morgan fingerprint density at radius 2 is 0.758 bits per heavy atom. The molecule has 0 atom stereocenters. The van der Waals surface area contributed by atoms with Crippen molar-refractivity contribution in [1.29, 1.82) is 0 Å². The Bertz CT molecular complexity index is 4110. The van der Waals surface area contributed by atoms with Gasteiger partial charge in [-0.05, 0) is 109 Å². The van der Waals surface area contributed by atoms with Crippen molar-refractivity contribution in [2.45, 2.75) is 0 Å². The molecule has 3 heterocycles. The quantitative estimate of drug-likeness (QED) is 0.173. The first kappa shape index (κ1) is 36.5. The lowest BCUT2D eigenvalue weighted by atomic mass is 9.98. The molecule has 14 aromatic rings. The van der Waals surface area contributed by atoms with E-state index in [0.29, 0.717) is 17.5 Å². The van der Waals surface area contributed by atoms with Crippen LogP contribution in [0.3, 0.4) is 0 Å². The lowest BCUT2D eigenvalue weighted by molar-refractivity contribution is 0.669. The van der Waals surface area contributed by atoms with E-state index < -0.39 is 0 Å². The maximum absolute atomic E-state index is 6.38. The predicted octanol–water partition coefficient (Wildman–Crippen LogP) is 16.1. The van der Waals surface area contributed by atoms with Crippen LogP contribution in [0.25, 0.3) is 138 Å². The van der Waals surface area contributed by atoms with E-state index >= 15 is 0 Å². The number of fused-ring (bicyclic) bond motifs is 10. The van der Waals surface area contributed by atoms with Crippen LogP contribution >= 0.6 is 0 Å². The molecule has 3 aromatic heterocycles. The Kier molecular flexibility index (Phi) is 7.91. The Hall–Kier alpha value is -8.93. The normalized spacial score (nSPS) is 11.9. The molecule has 0 fully saturated rings. The van der Waals surface area contributed by atoms with Gasteiger partial charge in [0.1, 0.15) is 11.2 Å². The van der Waals surface area contributed by atoms with E-state index in [2.05, 4.69) is 211 Å². The second-order valence-corrected chi connectivity index (χ2v) is 17.2. The predicted molar refractivity (Wildman–Crippen MR) is 273 cm³/mol. The van der Waals surface area contributed by atoms with Crippen molar-refractivity contribution in [3.8, 4) is 51.0 Å². The lowest BCUT2D eigenvalue weighted by Gasteiger charge is -2.17. The summed E-state index contributed by atoms with van der Waals surface area (Å²) in [5.41, 5.74) is 9.94. The fraction of sp³-hybridized carbons (Fsp3) is 0. The molecule has 14 rings (SSSR count). The van der Waals surface area contributed by atoms with Crippen molar-refractivity contribution in [3.63, 3.8) is 0 Å². The molecule has 0 N–H and O–H groups in total. The molecule has 0 unspecified atom stereocenters. The Morgan fingerprint density at radius 3 is 1.36 bits per heavy atom. The van der Waals surface area contributed by atoms with E-state index in [0.717, 1.165) is 88.0 Å². The van der Waals surface area contributed by atoms with E-state index in [-0.39, 0.29) is 0 Å². The molecule has 5 heteroatoms. The molecular formula is C61H36N4O. The number of hydrogen-bond donors (Lipinski definition) is 0. The molecule has 306 valence electrons. The first-order chi connectivity index (χ1) is 32.7. The molecule has 0 aliphatic carbocycles. The van der Waals surface area contributed by atoms with E-state index in [1.54, 1.807) is 0 Å². The summed E-state index contributed by atoms with van der Waals surface area (Å²) in [5.74, 6) is 1.84. The van der Waals surface area contributed by atoms with Gasteiger partial charge in [-0.3, -0.25) is 0 Å². The minimum absolute atomic E-state index is 0.595. The SMILES string of the molecule is c1ccc2cc3c(cc2c1)c1cc2ccccc2cc1n3-c1ccc(-c2nc(-c3cccc4ccccc34)nc(-c3cccc4ccccc34)n2)cc1-c1ccc2oc3ccccc3c2c1. The van der Waals surface area contributed by atoms with Gasteiger partial charge in [-0.1, -0.05) is 158 Å². The largest absolute Gasteiger partial charge is 0.456 e. The third-order valence-electron chi connectivity index (χ3n) is 13.4. The average Bonchev–Trinajstić information content (AvgIpc) is 3.90. The zero-order chi connectivity index (χ0) is 43.3. The van der Waals surface area contributed by atoms with Gasteiger partial charge in [0.15, 0.2) is 17.5 Å². The molecule has 0 bridgehead atoms. The second-order valence-electron chi connectivity index (χ2n) is 17.2. The van der Waals surface area contributed by atoms with E-state index in [1.165, 1.54) is 32.3 Å². The highest BCUT2D eigenvalue weighted by atomic mass is 16.3. The van der Waals surface area contributed by atoms with Crippen LogP contribution in [0.15, 0.2) is 223 Å². The van der Waals surface area contributed by atoms with Crippen LogP contribution in [-0.2, 0) is 0 Å². The zero-order valence-electron chi connectivity index (χ0n) is 35.5. The monoisotopic (exact) mass is 840 g/mol. The van der Waals surface area contributed by atoms with Crippen molar-refractivity contribution in [1.82, 2.24) is 19.5 Å². The van der Waals surface area contributed by atoms with Crippen LogP contribution in [0.2, 0.25) is 0 Å². The number of furan rings is 1. The molecule has 5 nitrogen and oxygen atoms in total. The smallest absolute Gasteiger partial charge is 0.164 e. The van der Waals surface area contributed by atoms with Gasteiger partial charge in [0, 0.05) is 43.8 Å². The lowest BCUT2D eigenvalue weighted by Crippen LogP contribution is -2.02. The Morgan fingerprint density at radius 1 is 0.288 bits per heavy atom. The van der Waals surface area contributed by atoms with Crippen LogP contribution < -0.4 is 0 Å². The van der Waals surface area contributed by atoms with Crippen LogP contribution in [-0.4, -0.2) is 19.5 Å². The molecule has 11 aromatic carbocycles. The van der Waals surface area contributed by atoms with Crippen LogP contribution in [0.1, 0.15) is 0 Å². The molecule has 66 heavy (non-hydrogen) atoms. The van der Waals surface area contributed by atoms with Gasteiger partial charge < -0.3 is 8.98 Å². The van der Waals surface area contributed by atoms with Gasteiger partial charge in [-0.2, -0.15) is 0 Å². The molecule has 0 spiro atoms. The van der Waals surface area contributed by atoms with Gasteiger partial charge in [0.05, 0.1) is 16.7 Å². The van der Waals surface area contributed by atoms with Crippen molar-refractivity contribution >= 4 is 86.8 Å². The highest BCUT2D eigenvalue weighted by molar-refractivity contribution is 6.17. The first-order valence-electron chi connectivity index (χ1n) is 22.3. The third-order valence-corrected chi connectivity index (χ3v) is 13.4. The summed E-state index contributed by atoms with van der Waals surface area (Å²) in [4.78, 5) is 16.0. The van der Waals surface area contributed by atoms with Gasteiger partial charge in [0.25, 0.3) is 0 Å². The average molecular weight is 841 g/mol. The minimum Gasteiger partial charge on any atom is -0.456 e. The van der Waals surface area contributed by atoms with E-state index in [9.17, 15) is 0 Å². The summed E-state index contributed by atoms with van der Waals surface area (Å²) in [7, 11) is 0. The first-order valence-corrected chi connectivity index (χ1v) is 22.3. The van der Waals surface area contributed by atoms with Crippen molar-refractivity contribution < 1.29 is 4.42 Å². The molecule has 0 radical (unpaired) electrons. The number of benzene rings is 11. The van der Waals surface area contributed by atoms with Gasteiger partial charge in [0.2, 0.25) is 0 Å². The third kappa shape index (κ3) is 5.70. The van der Waals surface area contributed by atoms with Crippen molar-refractivity contribution in [2.75, 3.05) is 0 Å². The number of para-hydroxylation sites is 1. The standard InChI is InChI=1S/C61H36N4O/c1-3-17-41-35-55-51(31-39(41)15-1)52-32-40-16-2-4-18-42(40)36-56(52)65(55)54-29-27-44(34-50(54)43-28-30-58-53(33-43)47-23-9-10-26-57(47)66-58)59-62-60(48-24-11-19-37-13-5-7-21-45(37)48)64-61(63-59)49-25-12-20-38-14-6-8-22-46(38)49/h1-36H. The van der Waals surface area contributed by atoms with E-state index in [1.807, 2.05) is 12.1 Å². The highest BCUT2D eigenvalue weighted by Crippen LogP contribution is 2.43. The molecular weight excluding hydrogens is 805 g/mol.